The van der Waals surface area contributed by atoms with E-state index in [4.69, 9.17) is 16.3 Å². The summed E-state index contributed by atoms with van der Waals surface area (Å²) in [6.07, 6.45) is -4.47. The summed E-state index contributed by atoms with van der Waals surface area (Å²) >= 11 is 5.59. The molecule has 16 heavy (non-hydrogen) atoms. The van der Waals surface area contributed by atoms with Crippen molar-refractivity contribution < 1.29 is 23.0 Å². The van der Waals surface area contributed by atoms with E-state index in [0.717, 1.165) is 12.1 Å². The minimum Gasteiger partial charge on any atom is -0.380 e. The van der Waals surface area contributed by atoms with Gasteiger partial charge in [0.15, 0.2) is 0 Å². The van der Waals surface area contributed by atoms with E-state index in [1.807, 2.05) is 0 Å². The van der Waals surface area contributed by atoms with E-state index >= 15 is 0 Å². The summed E-state index contributed by atoms with van der Waals surface area (Å²) in [5, 5.41) is 9.79. The van der Waals surface area contributed by atoms with Gasteiger partial charge in [0.1, 0.15) is 5.60 Å². The van der Waals surface area contributed by atoms with Crippen LogP contribution in [0.1, 0.15) is 11.1 Å². The molecule has 1 aliphatic heterocycles. The molecule has 1 heterocycles. The first-order chi connectivity index (χ1) is 7.31. The summed E-state index contributed by atoms with van der Waals surface area (Å²) in [7, 11) is 0. The molecule has 0 atom stereocenters. The normalized spacial score (nSPS) is 19.3. The van der Waals surface area contributed by atoms with Gasteiger partial charge in [-0.1, -0.05) is 11.6 Å². The van der Waals surface area contributed by atoms with Gasteiger partial charge in [-0.05, 0) is 23.8 Å². The van der Waals surface area contributed by atoms with Crippen LogP contribution in [0.2, 0.25) is 5.02 Å². The van der Waals surface area contributed by atoms with Crippen molar-refractivity contribution in [3.8, 4) is 0 Å². The Labute approximate surface area is 94.6 Å². The van der Waals surface area contributed by atoms with Gasteiger partial charge in [-0.15, -0.1) is 0 Å². The number of halogens is 4. The third-order valence-corrected chi connectivity index (χ3v) is 2.66. The number of alkyl halides is 3. The van der Waals surface area contributed by atoms with Crippen LogP contribution in [0.4, 0.5) is 13.2 Å². The molecule has 1 aromatic carbocycles. The summed E-state index contributed by atoms with van der Waals surface area (Å²) < 4.78 is 42.2. The number of ether oxygens (including phenoxy) is 1. The maximum absolute atomic E-state index is 12.5. The van der Waals surface area contributed by atoms with Crippen LogP contribution in [0.5, 0.6) is 0 Å². The van der Waals surface area contributed by atoms with Crippen LogP contribution < -0.4 is 0 Å². The van der Waals surface area contributed by atoms with Gasteiger partial charge >= 0.3 is 6.18 Å². The molecule has 88 valence electrons. The van der Waals surface area contributed by atoms with Crippen molar-refractivity contribution in [2.45, 2.75) is 11.8 Å². The van der Waals surface area contributed by atoms with E-state index in [1.165, 1.54) is 6.07 Å². The molecule has 0 radical (unpaired) electrons. The molecule has 0 aromatic heterocycles. The number of rotatable bonds is 1. The smallest absolute Gasteiger partial charge is 0.380 e. The molecule has 0 bridgehead atoms. The van der Waals surface area contributed by atoms with Gasteiger partial charge in [-0.3, -0.25) is 0 Å². The number of benzene rings is 1. The Morgan fingerprint density at radius 2 is 1.88 bits per heavy atom. The average molecular weight is 253 g/mol. The van der Waals surface area contributed by atoms with Gasteiger partial charge in [-0.2, -0.15) is 13.2 Å². The van der Waals surface area contributed by atoms with E-state index in [9.17, 15) is 18.3 Å². The first-order valence-electron chi connectivity index (χ1n) is 4.50. The van der Waals surface area contributed by atoms with Crippen LogP contribution in [0.3, 0.4) is 0 Å². The molecule has 1 aliphatic rings. The Hall–Kier alpha value is -0.780. The monoisotopic (exact) mass is 252 g/mol. The van der Waals surface area contributed by atoms with E-state index in [1.54, 1.807) is 0 Å². The first kappa shape index (κ1) is 11.7. The fourth-order valence-electron chi connectivity index (χ4n) is 1.48. The van der Waals surface area contributed by atoms with Crippen LogP contribution in [0, 0.1) is 0 Å². The minimum absolute atomic E-state index is 0.00929. The molecule has 0 unspecified atom stereocenters. The summed E-state index contributed by atoms with van der Waals surface area (Å²) in [5.74, 6) is 0. The first-order valence-corrected chi connectivity index (χ1v) is 4.87. The topological polar surface area (TPSA) is 29.5 Å². The van der Waals surface area contributed by atoms with Crippen molar-refractivity contribution in [3.63, 3.8) is 0 Å². The third-order valence-electron chi connectivity index (χ3n) is 2.44. The molecule has 1 fully saturated rings. The fraction of sp³-hybridized carbons (Fsp3) is 0.400. The zero-order valence-electron chi connectivity index (χ0n) is 8.01. The minimum atomic E-state index is -4.47. The van der Waals surface area contributed by atoms with Crippen molar-refractivity contribution in [1.29, 1.82) is 0 Å². The average Bonchev–Trinajstić information content (AvgIpc) is 2.11. The highest BCUT2D eigenvalue weighted by molar-refractivity contribution is 6.30. The van der Waals surface area contributed by atoms with Gasteiger partial charge in [0.25, 0.3) is 0 Å². The second kappa shape index (κ2) is 3.61. The molecule has 0 aliphatic carbocycles. The molecule has 0 spiro atoms. The van der Waals surface area contributed by atoms with Crippen molar-refractivity contribution in [2.75, 3.05) is 13.2 Å². The highest BCUT2D eigenvalue weighted by Gasteiger charge is 2.40. The van der Waals surface area contributed by atoms with Crippen LogP contribution in [0.15, 0.2) is 18.2 Å². The molecule has 1 N–H and O–H groups in total. The highest BCUT2D eigenvalue weighted by atomic mass is 35.5. The zero-order valence-corrected chi connectivity index (χ0v) is 8.77. The number of hydrogen-bond acceptors (Lipinski definition) is 2. The number of aliphatic hydroxyl groups is 1. The van der Waals surface area contributed by atoms with Crippen LogP contribution in [-0.4, -0.2) is 18.3 Å². The summed E-state index contributed by atoms with van der Waals surface area (Å²) in [4.78, 5) is 0. The molecular formula is C10H8ClF3O2. The molecule has 6 heteroatoms. The van der Waals surface area contributed by atoms with E-state index in [0.29, 0.717) is 0 Å². The van der Waals surface area contributed by atoms with Crippen molar-refractivity contribution in [3.05, 3.63) is 34.3 Å². The molecule has 0 saturated carbocycles. The van der Waals surface area contributed by atoms with E-state index in [-0.39, 0.29) is 23.8 Å². The lowest BCUT2D eigenvalue weighted by atomic mass is 9.91. The van der Waals surface area contributed by atoms with Crippen LogP contribution >= 0.6 is 11.6 Å². The summed E-state index contributed by atoms with van der Waals surface area (Å²) in [6.45, 7) is -0.0186. The van der Waals surface area contributed by atoms with Crippen molar-refractivity contribution in [2.24, 2.45) is 0 Å². The predicted octanol–water partition coefficient (Wildman–Crippen LogP) is 2.58. The quantitative estimate of drug-likeness (QED) is 0.832. The third kappa shape index (κ3) is 2.03. The number of hydrogen-bond donors (Lipinski definition) is 1. The largest absolute Gasteiger partial charge is 0.416 e. The Morgan fingerprint density at radius 1 is 1.25 bits per heavy atom. The van der Waals surface area contributed by atoms with Gasteiger partial charge in [0, 0.05) is 5.02 Å². The Morgan fingerprint density at radius 3 is 2.31 bits per heavy atom. The molecular weight excluding hydrogens is 245 g/mol. The van der Waals surface area contributed by atoms with Gasteiger partial charge in [0.05, 0.1) is 18.8 Å². The predicted molar refractivity (Wildman–Crippen MR) is 51.2 cm³/mol. The second-order valence-electron chi connectivity index (χ2n) is 3.75. The van der Waals surface area contributed by atoms with E-state index in [2.05, 4.69) is 0 Å². The molecule has 0 amide bonds. The molecule has 2 nitrogen and oxygen atoms in total. The Balaban J connectivity index is 2.44. The van der Waals surface area contributed by atoms with Gasteiger partial charge < -0.3 is 9.84 Å². The second-order valence-corrected chi connectivity index (χ2v) is 4.19. The highest BCUT2D eigenvalue weighted by Crippen LogP contribution is 2.36. The Kier molecular flexibility index (Phi) is 2.64. The van der Waals surface area contributed by atoms with E-state index < -0.39 is 17.3 Å². The summed E-state index contributed by atoms with van der Waals surface area (Å²) in [5.41, 5.74) is -2.07. The lowest BCUT2D eigenvalue weighted by molar-refractivity contribution is -0.185. The lowest BCUT2D eigenvalue weighted by Gasteiger charge is -2.37. The maximum Gasteiger partial charge on any atom is 0.416 e. The van der Waals surface area contributed by atoms with Crippen LogP contribution in [0.25, 0.3) is 0 Å². The summed E-state index contributed by atoms with van der Waals surface area (Å²) in [6, 6.07) is 3.04. The van der Waals surface area contributed by atoms with Gasteiger partial charge in [0.2, 0.25) is 0 Å². The van der Waals surface area contributed by atoms with Crippen LogP contribution in [-0.2, 0) is 16.5 Å². The zero-order chi connectivity index (χ0) is 12.0. The lowest BCUT2D eigenvalue weighted by Crippen LogP contribution is -2.46. The van der Waals surface area contributed by atoms with Crippen molar-refractivity contribution >= 4 is 11.6 Å². The fourth-order valence-corrected chi connectivity index (χ4v) is 1.72. The van der Waals surface area contributed by atoms with Crippen molar-refractivity contribution in [1.82, 2.24) is 0 Å². The standard InChI is InChI=1S/C10H8ClF3O2/c11-8-2-6(9(15)4-16-5-9)1-7(3-8)10(12,13)14/h1-3,15H,4-5H2. The van der Waals surface area contributed by atoms with Gasteiger partial charge in [-0.25, -0.2) is 0 Å². The maximum atomic E-state index is 12.5. The molecule has 2 rings (SSSR count). The molecule has 1 saturated heterocycles. The Bertz CT molecular complexity index is 413. The molecule has 1 aromatic rings. The SMILES string of the molecule is OC1(c2cc(Cl)cc(C(F)(F)F)c2)COC1.